The predicted molar refractivity (Wildman–Crippen MR) is 144 cm³/mol. The molecule has 2 aromatic rings. The molecule has 206 valence electrons. The average Bonchev–Trinajstić information content (AvgIpc) is 3.23. The average molecular weight is 526 g/mol. The van der Waals surface area contributed by atoms with Gasteiger partial charge in [-0.15, -0.1) is 0 Å². The van der Waals surface area contributed by atoms with E-state index < -0.39 is 17.8 Å². The second-order valence-corrected chi connectivity index (χ2v) is 11.5. The van der Waals surface area contributed by atoms with Crippen molar-refractivity contribution in [2.75, 3.05) is 31.6 Å². The number of nitrogens with one attached hydrogen (secondary N) is 1. The fourth-order valence-electron chi connectivity index (χ4n) is 5.89. The van der Waals surface area contributed by atoms with Gasteiger partial charge in [-0.25, -0.2) is 9.37 Å². The maximum atomic E-state index is 14.2. The van der Waals surface area contributed by atoms with Crippen molar-refractivity contribution in [3.63, 3.8) is 0 Å². The molecule has 2 unspecified atom stereocenters. The van der Waals surface area contributed by atoms with Gasteiger partial charge in [-0.3, -0.25) is 9.69 Å². The fraction of sp³-hybridized carbons (Fsp3) is 0.600. The van der Waals surface area contributed by atoms with Crippen molar-refractivity contribution in [1.82, 2.24) is 9.88 Å². The molecule has 1 aromatic carbocycles. The van der Waals surface area contributed by atoms with E-state index in [1.807, 2.05) is 18.7 Å². The van der Waals surface area contributed by atoms with Crippen molar-refractivity contribution in [3.8, 4) is 0 Å². The van der Waals surface area contributed by atoms with Gasteiger partial charge in [0.2, 0.25) is 0 Å². The normalized spacial score (nSPS) is 21.9. The fourth-order valence-corrected chi connectivity index (χ4v) is 5.89. The number of carboxylic acid groups (broad SMARTS) is 1. The van der Waals surface area contributed by atoms with E-state index in [1.165, 1.54) is 24.1 Å². The zero-order valence-electron chi connectivity index (χ0n) is 22.5. The largest absolute Gasteiger partial charge is 0.480 e. The zero-order chi connectivity index (χ0) is 26.7. The summed E-state index contributed by atoms with van der Waals surface area (Å²) in [4.78, 5) is 18.9. The van der Waals surface area contributed by atoms with E-state index in [-0.39, 0.29) is 17.8 Å². The molecule has 0 radical (unpaired) electrons. The molecule has 0 saturated carbocycles. The first-order chi connectivity index (χ1) is 18.3. The highest BCUT2D eigenvalue weighted by Crippen LogP contribution is 2.42. The number of rotatable bonds is 11. The number of carbonyl (C=O) groups is 1. The molecule has 7 nitrogen and oxygen atoms in total. The van der Waals surface area contributed by atoms with E-state index in [2.05, 4.69) is 17.4 Å². The van der Waals surface area contributed by atoms with Crippen LogP contribution in [0, 0.1) is 5.82 Å². The molecule has 3 aliphatic heterocycles. The molecule has 2 saturated heterocycles. The van der Waals surface area contributed by atoms with Crippen molar-refractivity contribution in [3.05, 3.63) is 58.5 Å². The summed E-state index contributed by atoms with van der Waals surface area (Å²) in [5.74, 6) is -0.350. The van der Waals surface area contributed by atoms with Crippen LogP contribution in [-0.2, 0) is 27.1 Å². The predicted octanol–water partition coefficient (Wildman–Crippen LogP) is 5.45. The van der Waals surface area contributed by atoms with Gasteiger partial charge in [0, 0.05) is 31.9 Å². The minimum Gasteiger partial charge on any atom is -0.480 e. The Balaban J connectivity index is 1.07. The number of pyridine rings is 1. The van der Waals surface area contributed by atoms with Crippen LogP contribution in [0.2, 0.25) is 0 Å². The third kappa shape index (κ3) is 6.35. The number of unbranched alkanes of at least 4 members (excludes halogenated alkanes) is 2. The summed E-state index contributed by atoms with van der Waals surface area (Å²) in [5.41, 5.74) is 3.45. The van der Waals surface area contributed by atoms with E-state index in [4.69, 9.17) is 14.5 Å². The summed E-state index contributed by atoms with van der Waals surface area (Å²) in [6.07, 6.45) is 7.79. The third-order valence-electron chi connectivity index (χ3n) is 8.02. The van der Waals surface area contributed by atoms with Crippen molar-refractivity contribution in [2.24, 2.45) is 0 Å². The van der Waals surface area contributed by atoms with E-state index >= 15 is 0 Å². The highest BCUT2D eigenvalue weighted by atomic mass is 19.1. The second-order valence-electron chi connectivity index (χ2n) is 11.5. The monoisotopic (exact) mass is 525 g/mol. The number of nitrogens with zero attached hydrogens (tertiary/aromatic N) is 2. The molecule has 0 spiro atoms. The Bertz CT molecular complexity index is 1130. The second kappa shape index (κ2) is 11.7. The summed E-state index contributed by atoms with van der Waals surface area (Å²) in [6.45, 7) is 6.77. The number of benzene rings is 1. The summed E-state index contributed by atoms with van der Waals surface area (Å²) >= 11 is 0. The Kier molecular flexibility index (Phi) is 8.31. The van der Waals surface area contributed by atoms with Gasteiger partial charge >= 0.3 is 5.97 Å². The Morgan fingerprint density at radius 2 is 2.11 bits per heavy atom. The van der Waals surface area contributed by atoms with E-state index in [0.29, 0.717) is 25.3 Å². The first kappa shape index (κ1) is 27.0. The molecule has 5 rings (SSSR count). The van der Waals surface area contributed by atoms with Gasteiger partial charge in [0.15, 0.2) is 0 Å². The first-order valence-corrected chi connectivity index (χ1v) is 14.1. The van der Waals surface area contributed by atoms with E-state index in [9.17, 15) is 14.3 Å². The molecule has 3 aliphatic rings. The van der Waals surface area contributed by atoms with Crippen molar-refractivity contribution >= 4 is 11.8 Å². The Labute approximate surface area is 224 Å². The molecule has 2 atom stereocenters. The SMILES string of the molecule is CC1(C)CCC(c2ccc(F)cc2C(C(=O)O)N2CC(OCCCCCc3ccc4c(n3)NCCC4)C2)O1. The highest BCUT2D eigenvalue weighted by Gasteiger charge is 2.41. The lowest BCUT2D eigenvalue weighted by Crippen LogP contribution is -2.55. The van der Waals surface area contributed by atoms with Gasteiger partial charge in [0.05, 0.1) is 17.8 Å². The lowest BCUT2D eigenvalue weighted by Gasteiger charge is -2.43. The van der Waals surface area contributed by atoms with Crippen molar-refractivity contribution in [1.29, 1.82) is 0 Å². The standard InChI is InChI=1S/C30H40FN3O4/c1-30(2)14-13-26(38-30)24-12-10-21(31)17-25(24)27(29(35)36)34-18-23(19-34)37-16-5-3-4-8-22-11-9-20-7-6-15-32-28(20)33-22/h9-12,17,23,26-27H,3-8,13-16,18-19H2,1-2H3,(H,32,33)(H,35,36). The Morgan fingerprint density at radius 1 is 1.26 bits per heavy atom. The number of aryl methyl sites for hydroxylation is 2. The number of likely N-dealkylation sites (tertiary alicyclic amines) is 1. The van der Waals surface area contributed by atoms with Gasteiger partial charge in [-0.1, -0.05) is 18.6 Å². The maximum Gasteiger partial charge on any atom is 0.325 e. The minimum atomic E-state index is -0.974. The van der Waals surface area contributed by atoms with Crippen LogP contribution < -0.4 is 5.32 Å². The van der Waals surface area contributed by atoms with Crippen LogP contribution in [0.5, 0.6) is 0 Å². The van der Waals surface area contributed by atoms with Gasteiger partial charge in [-0.2, -0.15) is 0 Å². The molecular weight excluding hydrogens is 485 g/mol. The van der Waals surface area contributed by atoms with Gasteiger partial charge in [-0.05, 0) is 93.7 Å². The number of fused-ring (bicyclic) bond motifs is 1. The van der Waals surface area contributed by atoms with Crippen molar-refractivity contribution in [2.45, 2.75) is 89.1 Å². The van der Waals surface area contributed by atoms with Gasteiger partial charge in [0.1, 0.15) is 17.7 Å². The molecule has 1 aromatic heterocycles. The highest BCUT2D eigenvalue weighted by molar-refractivity contribution is 5.76. The molecule has 2 fully saturated rings. The first-order valence-electron chi connectivity index (χ1n) is 14.1. The maximum absolute atomic E-state index is 14.2. The topological polar surface area (TPSA) is 83.9 Å². The van der Waals surface area contributed by atoms with Crippen LogP contribution in [0.15, 0.2) is 30.3 Å². The Hall–Kier alpha value is -2.55. The van der Waals surface area contributed by atoms with Crippen LogP contribution in [0.1, 0.15) is 86.9 Å². The lowest BCUT2D eigenvalue weighted by molar-refractivity contribution is -0.151. The molecular formula is C30H40FN3O4. The molecule has 38 heavy (non-hydrogen) atoms. The number of carboxylic acids is 1. The van der Waals surface area contributed by atoms with E-state index in [0.717, 1.165) is 68.6 Å². The summed E-state index contributed by atoms with van der Waals surface area (Å²) in [6, 6.07) is 7.89. The number of anilines is 1. The third-order valence-corrected chi connectivity index (χ3v) is 8.02. The molecule has 2 N–H and O–H groups in total. The number of aromatic nitrogens is 1. The van der Waals surface area contributed by atoms with Crippen molar-refractivity contribution < 1.29 is 23.8 Å². The van der Waals surface area contributed by atoms with Crippen LogP contribution in [-0.4, -0.2) is 58.9 Å². The van der Waals surface area contributed by atoms with Gasteiger partial charge < -0.3 is 19.9 Å². The number of halogens is 1. The van der Waals surface area contributed by atoms with Crippen LogP contribution in [0.4, 0.5) is 10.2 Å². The van der Waals surface area contributed by atoms with Gasteiger partial charge in [0.25, 0.3) is 0 Å². The summed E-state index contributed by atoms with van der Waals surface area (Å²) in [5, 5.41) is 13.5. The minimum absolute atomic E-state index is 0.00362. The van der Waals surface area contributed by atoms with Crippen LogP contribution in [0.3, 0.4) is 0 Å². The number of ether oxygens (including phenoxy) is 2. The zero-order valence-corrected chi connectivity index (χ0v) is 22.5. The molecule has 4 heterocycles. The number of hydrogen-bond donors (Lipinski definition) is 2. The number of aliphatic carboxylic acids is 1. The van der Waals surface area contributed by atoms with E-state index in [1.54, 1.807) is 6.07 Å². The number of hydrogen-bond acceptors (Lipinski definition) is 6. The Morgan fingerprint density at radius 3 is 2.87 bits per heavy atom. The molecule has 0 bridgehead atoms. The van der Waals surface area contributed by atoms with Crippen LogP contribution in [0.25, 0.3) is 0 Å². The smallest absolute Gasteiger partial charge is 0.325 e. The lowest BCUT2D eigenvalue weighted by atomic mass is 9.92. The summed E-state index contributed by atoms with van der Waals surface area (Å²) in [7, 11) is 0. The molecule has 0 aliphatic carbocycles. The molecule has 8 heteroatoms. The van der Waals surface area contributed by atoms with Crippen LogP contribution >= 0.6 is 0 Å². The summed E-state index contributed by atoms with van der Waals surface area (Å²) < 4.78 is 26.4. The quantitative estimate of drug-likeness (QED) is 0.378. The molecule has 0 amide bonds.